The molecule has 0 aliphatic rings. The molecule has 0 aliphatic carbocycles. The molecule has 3 heteroatoms. The summed E-state index contributed by atoms with van der Waals surface area (Å²) < 4.78 is 4.98. The molecule has 1 N–H and O–H groups in total. The van der Waals surface area contributed by atoms with Crippen LogP contribution in [0, 0.1) is 0 Å². The summed E-state index contributed by atoms with van der Waals surface area (Å²) in [5.41, 5.74) is 0. The molecule has 0 aliphatic heterocycles. The van der Waals surface area contributed by atoms with Crippen molar-refractivity contribution in [2.45, 2.75) is 71.8 Å². The van der Waals surface area contributed by atoms with Gasteiger partial charge in [0.2, 0.25) is 0 Å². The number of esters is 1. The van der Waals surface area contributed by atoms with Crippen LogP contribution in [0.5, 0.6) is 0 Å². The molecular formula is C14H29NO2. The number of hydrogen-bond donors (Lipinski definition) is 1. The van der Waals surface area contributed by atoms with Crippen LogP contribution in [-0.4, -0.2) is 25.2 Å². The van der Waals surface area contributed by atoms with Gasteiger partial charge in [-0.1, -0.05) is 46.0 Å². The largest absolute Gasteiger partial charge is 0.466 e. The Hall–Kier alpha value is -0.570. The third-order valence-electron chi connectivity index (χ3n) is 2.87. The molecular weight excluding hydrogens is 214 g/mol. The Balaban J connectivity index is 3.69. The van der Waals surface area contributed by atoms with E-state index in [1.54, 1.807) is 0 Å². The molecule has 17 heavy (non-hydrogen) atoms. The maximum atomic E-state index is 11.4. The number of nitrogens with one attached hydrogen (secondary N) is 1. The van der Waals surface area contributed by atoms with Crippen LogP contribution in [0.1, 0.15) is 65.7 Å². The zero-order chi connectivity index (χ0) is 12.9. The Kier molecular flexibility index (Phi) is 11.5. The fourth-order valence-corrected chi connectivity index (χ4v) is 1.98. The van der Waals surface area contributed by atoms with Crippen molar-refractivity contribution in [1.82, 2.24) is 5.32 Å². The van der Waals surface area contributed by atoms with Gasteiger partial charge in [-0.25, -0.2) is 0 Å². The van der Waals surface area contributed by atoms with E-state index >= 15 is 0 Å². The van der Waals surface area contributed by atoms with Gasteiger partial charge in [0.1, 0.15) is 0 Å². The van der Waals surface area contributed by atoms with Gasteiger partial charge in [0.15, 0.2) is 0 Å². The average molecular weight is 243 g/mol. The van der Waals surface area contributed by atoms with Crippen molar-refractivity contribution in [3.05, 3.63) is 0 Å². The molecule has 0 saturated heterocycles. The van der Waals surface area contributed by atoms with Gasteiger partial charge < -0.3 is 10.1 Å². The summed E-state index contributed by atoms with van der Waals surface area (Å²) in [4.78, 5) is 11.4. The second-order valence-electron chi connectivity index (χ2n) is 4.47. The van der Waals surface area contributed by atoms with Crippen molar-refractivity contribution < 1.29 is 9.53 Å². The van der Waals surface area contributed by atoms with E-state index in [9.17, 15) is 4.79 Å². The van der Waals surface area contributed by atoms with Gasteiger partial charge in [0.05, 0.1) is 13.0 Å². The second kappa shape index (κ2) is 11.9. The maximum Gasteiger partial charge on any atom is 0.307 e. The van der Waals surface area contributed by atoms with Crippen molar-refractivity contribution in [2.24, 2.45) is 0 Å². The summed E-state index contributed by atoms with van der Waals surface area (Å²) in [6.07, 6.45) is 7.99. The fraction of sp³-hybridized carbons (Fsp3) is 0.929. The predicted molar refractivity (Wildman–Crippen MR) is 72.1 cm³/mol. The lowest BCUT2D eigenvalue weighted by molar-refractivity contribution is -0.143. The molecule has 0 fully saturated rings. The van der Waals surface area contributed by atoms with Gasteiger partial charge in [0.25, 0.3) is 0 Å². The van der Waals surface area contributed by atoms with Crippen LogP contribution in [0.3, 0.4) is 0 Å². The number of rotatable bonds is 11. The van der Waals surface area contributed by atoms with Gasteiger partial charge >= 0.3 is 5.97 Å². The van der Waals surface area contributed by atoms with E-state index in [2.05, 4.69) is 19.2 Å². The van der Waals surface area contributed by atoms with Gasteiger partial charge in [-0.15, -0.1) is 0 Å². The Labute approximate surface area is 106 Å². The lowest BCUT2D eigenvalue weighted by Crippen LogP contribution is -2.31. The maximum absolute atomic E-state index is 11.4. The molecule has 0 saturated carbocycles. The highest BCUT2D eigenvalue weighted by Crippen LogP contribution is 2.10. The van der Waals surface area contributed by atoms with E-state index in [1.165, 1.54) is 32.1 Å². The first-order valence-electron chi connectivity index (χ1n) is 7.13. The van der Waals surface area contributed by atoms with Crippen LogP contribution in [0.4, 0.5) is 0 Å². The average Bonchev–Trinajstić information content (AvgIpc) is 2.29. The van der Waals surface area contributed by atoms with Crippen LogP contribution in [-0.2, 0) is 9.53 Å². The van der Waals surface area contributed by atoms with E-state index in [4.69, 9.17) is 4.74 Å². The lowest BCUT2D eigenvalue weighted by atomic mass is 10.0. The Morgan fingerprint density at radius 2 is 1.82 bits per heavy atom. The van der Waals surface area contributed by atoms with Crippen molar-refractivity contribution in [1.29, 1.82) is 0 Å². The normalized spacial score (nSPS) is 12.4. The van der Waals surface area contributed by atoms with Crippen molar-refractivity contribution >= 4 is 5.97 Å². The summed E-state index contributed by atoms with van der Waals surface area (Å²) in [5, 5.41) is 3.36. The zero-order valence-electron chi connectivity index (χ0n) is 11.8. The van der Waals surface area contributed by atoms with E-state index in [0.717, 1.165) is 13.0 Å². The molecule has 0 rings (SSSR count). The van der Waals surface area contributed by atoms with Gasteiger partial charge in [-0.05, 0) is 19.9 Å². The molecule has 0 aromatic carbocycles. The third-order valence-corrected chi connectivity index (χ3v) is 2.87. The summed E-state index contributed by atoms with van der Waals surface area (Å²) in [7, 11) is 0. The van der Waals surface area contributed by atoms with Crippen LogP contribution < -0.4 is 5.32 Å². The standard InChI is InChI=1S/C14H29NO2/c1-4-7-8-9-10-11-13(15-5-2)12-14(16)17-6-3/h13,15H,4-12H2,1-3H3. The summed E-state index contributed by atoms with van der Waals surface area (Å²) >= 11 is 0. The topological polar surface area (TPSA) is 38.3 Å². The smallest absolute Gasteiger partial charge is 0.307 e. The molecule has 102 valence electrons. The molecule has 0 heterocycles. The molecule has 1 unspecified atom stereocenters. The highest BCUT2D eigenvalue weighted by molar-refractivity contribution is 5.70. The molecule has 0 aromatic heterocycles. The quantitative estimate of drug-likeness (QED) is 0.447. The molecule has 1 atom stereocenters. The number of ether oxygens (including phenoxy) is 1. The van der Waals surface area contributed by atoms with Gasteiger partial charge in [0, 0.05) is 6.04 Å². The van der Waals surface area contributed by atoms with Crippen LogP contribution in [0.2, 0.25) is 0 Å². The number of hydrogen-bond acceptors (Lipinski definition) is 3. The highest BCUT2D eigenvalue weighted by atomic mass is 16.5. The Morgan fingerprint density at radius 1 is 1.12 bits per heavy atom. The monoisotopic (exact) mass is 243 g/mol. The molecule has 0 aromatic rings. The third kappa shape index (κ3) is 10.3. The predicted octanol–water partition coefficient (Wildman–Crippen LogP) is 3.28. The molecule has 0 spiro atoms. The van der Waals surface area contributed by atoms with Crippen molar-refractivity contribution in [2.75, 3.05) is 13.2 Å². The second-order valence-corrected chi connectivity index (χ2v) is 4.47. The fourth-order valence-electron chi connectivity index (χ4n) is 1.98. The van der Waals surface area contributed by atoms with E-state index in [0.29, 0.717) is 19.1 Å². The molecule has 0 radical (unpaired) electrons. The van der Waals surface area contributed by atoms with Crippen molar-refractivity contribution in [3.8, 4) is 0 Å². The minimum atomic E-state index is -0.0768. The zero-order valence-corrected chi connectivity index (χ0v) is 11.8. The first-order chi connectivity index (χ1) is 8.24. The molecule has 0 bridgehead atoms. The number of carbonyl (C=O) groups is 1. The van der Waals surface area contributed by atoms with E-state index < -0.39 is 0 Å². The lowest BCUT2D eigenvalue weighted by Gasteiger charge is -2.16. The van der Waals surface area contributed by atoms with Crippen LogP contribution in [0.15, 0.2) is 0 Å². The van der Waals surface area contributed by atoms with Crippen LogP contribution >= 0.6 is 0 Å². The summed E-state index contributed by atoms with van der Waals surface area (Å²) in [5.74, 6) is -0.0768. The van der Waals surface area contributed by atoms with Gasteiger partial charge in [-0.2, -0.15) is 0 Å². The first kappa shape index (κ1) is 16.4. The molecule has 0 amide bonds. The minimum Gasteiger partial charge on any atom is -0.466 e. The van der Waals surface area contributed by atoms with E-state index in [-0.39, 0.29) is 5.97 Å². The Morgan fingerprint density at radius 3 is 2.41 bits per heavy atom. The molecule has 3 nitrogen and oxygen atoms in total. The highest BCUT2D eigenvalue weighted by Gasteiger charge is 2.12. The summed E-state index contributed by atoms with van der Waals surface area (Å²) in [6.45, 7) is 7.55. The SMILES string of the molecule is CCCCCCCC(CC(=O)OCC)NCC. The summed E-state index contributed by atoms with van der Waals surface area (Å²) in [6, 6.07) is 0.292. The van der Waals surface area contributed by atoms with E-state index in [1.807, 2.05) is 6.92 Å². The Bertz CT molecular complexity index is 183. The minimum absolute atomic E-state index is 0.0768. The number of unbranched alkanes of at least 4 members (excludes halogenated alkanes) is 4. The number of carbonyl (C=O) groups excluding carboxylic acids is 1. The van der Waals surface area contributed by atoms with Crippen molar-refractivity contribution in [3.63, 3.8) is 0 Å². The van der Waals surface area contributed by atoms with Crippen LogP contribution in [0.25, 0.3) is 0 Å². The first-order valence-corrected chi connectivity index (χ1v) is 7.13. The van der Waals surface area contributed by atoms with Gasteiger partial charge in [-0.3, -0.25) is 4.79 Å².